The van der Waals surface area contributed by atoms with Crippen molar-refractivity contribution in [2.45, 2.75) is 44.2 Å². The van der Waals surface area contributed by atoms with Crippen LogP contribution in [0.2, 0.25) is 0 Å². The molecule has 0 aromatic carbocycles. The van der Waals surface area contributed by atoms with E-state index in [2.05, 4.69) is 0 Å². The second-order valence-corrected chi connectivity index (χ2v) is 4.38. The fourth-order valence-electron chi connectivity index (χ4n) is 2.41. The summed E-state index contributed by atoms with van der Waals surface area (Å²) in [6.07, 6.45) is 3.55. The van der Waals surface area contributed by atoms with Crippen molar-refractivity contribution in [3.8, 4) is 0 Å². The van der Waals surface area contributed by atoms with Crippen molar-refractivity contribution in [2.24, 2.45) is 0 Å². The second-order valence-electron chi connectivity index (χ2n) is 4.38. The summed E-state index contributed by atoms with van der Waals surface area (Å²) >= 11 is 0. The quantitative estimate of drug-likeness (QED) is 0.751. The van der Waals surface area contributed by atoms with Crippen LogP contribution in [-0.2, 0) is 14.3 Å². The van der Waals surface area contributed by atoms with E-state index in [1.54, 1.807) is 0 Å². The summed E-state index contributed by atoms with van der Waals surface area (Å²) in [7, 11) is 0. The highest BCUT2D eigenvalue weighted by atomic mass is 16.5. The van der Waals surface area contributed by atoms with Gasteiger partial charge in [0.15, 0.2) is 0 Å². The minimum atomic E-state index is -0.897. The predicted octanol–water partition coefficient (Wildman–Crippen LogP) is 0.631. The molecule has 0 unspecified atom stereocenters. The molecule has 5 nitrogen and oxygen atoms in total. The molecule has 2 atom stereocenters. The van der Waals surface area contributed by atoms with Gasteiger partial charge in [-0.1, -0.05) is 0 Å². The lowest BCUT2D eigenvalue weighted by Crippen LogP contribution is -2.51. The molecule has 2 fully saturated rings. The van der Waals surface area contributed by atoms with Crippen LogP contribution in [0, 0.1) is 0 Å². The Morgan fingerprint density at radius 1 is 1.19 bits per heavy atom. The summed E-state index contributed by atoms with van der Waals surface area (Å²) < 4.78 is 5.31. The summed E-state index contributed by atoms with van der Waals surface area (Å²) in [5.74, 6) is -1.03. The van der Waals surface area contributed by atoms with Crippen LogP contribution in [0.25, 0.3) is 0 Å². The third-order valence-electron chi connectivity index (χ3n) is 3.28. The summed E-state index contributed by atoms with van der Waals surface area (Å²) in [6, 6.07) is -0.648. The first-order valence-electron chi connectivity index (χ1n) is 5.85. The number of carbonyl (C=O) groups excluding carboxylic acids is 1. The molecule has 2 aliphatic rings. The number of aliphatic carboxylic acids is 1. The van der Waals surface area contributed by atoms with Crippen LogP contribution in [0.1, 0.15) is 32.1 Å². The number of likely N-dealkylation sites (tertiary alicyclic amines) is 1. The largest absolute Gasteiger partial charge is 0.480 e. The van der Waals surface area contributed by atoms with Gasteiger partial charge >= 0.3 is 5.97 Å². The maximum atomic E-state index is 12.1. The van der Waals surface area contributed by atoms with E-state index in [1.165, 1.54) is 4.90 Å². The smallest absolute Gasteiger partial charge is 0.326 e. The first kappa shape index (κ1) is 11.4. The Balaban J connectivity index is 2.04. The number of nitrogens with zero attached hydrogens (tertiary/aromatic N) is 1. The zero-order valence-electron chi connectivity index (χ0n) is 9.22. The Bertz CT molecular complexity index is 286. The number of amides is 1. The maximum Gasteiger partial charge on any atom is 0.326 e. The van der Waals surface area contributed by atoms with E-state index < -0.39 is 18.1 Å². The molecule has 2 heterocycles. The highest BCUT2D eigenvalue weighted by molar-refractivity contribution is 5.86. The van der Waals surface area contributed by atoms with Gasteiger partial charge in [0.25, 0.3) is 5.91 Å². The molecule has 0 aromatic heterocycles. The molecule has 2 saturated heterocycles. The van der Waals surface area contributed by atoms with Gasteiger partial charge in [-0.05, 0) is 32.1 Å². The molecular formula is C11H17NO4. The number of carboxylic acid groups (broad SMARTS) is 1. The molecule has 1 amide bonds. The second kappa shape index (κ2) is 4.82. The highest BCUT2D eigenvalue weighted by Crippen LogP contribution is 2.22. The number of carboxylic acids is 1. The van der Waals surface area contributed by atoms with Crippen LogP contribution in [0.5, 0.6) is 0 Å². The first-order chi connectivity index (χ1) is 7.70. The van der Waals surface area contributed by atoms with Gasteiger partial charge in [0.1, 0.15) is 12.1 Å². The van der Waals surface area contributed by atoms with Gasteiger partial charge in [-0.15, -0.1) is 0 Å². The van der Waals surface area contributed by atoms with Gasteiger partial charge in [0.05, 0.1) is 0 Å². The molecule has 2 rings (SSSR count). The summed E-state index contributed by atoms with van der Waals surface area (Å²) in [5, 5.41) is 9.07. The van der Waals surface area contributed by atoms with E-state index in [0.717, 1.165) is 25.7 Å². The van der Waals surface area contributed by atoms with E-state index >= 15 is 0 Å². The van der Waals surface area contributed by atoms with E-state index in [1.807, 2.05) is 0 Å². The first-order valence-corrected chi connectivity index (χ1v) is 5.85. The average Bonchev–Trinajstić information content (AvgIpc) is 2.81. The molecule has 0 aliphatic carbocycles. The summed E-state index contributed by atoms with van der Waals surface area (Å²) in [4.78, 5) is 24.6. The number of ether oxygens (including phenoxy) is 1. The van der Waals surface area contributed by atoms with Crippen molar-refractivity contribution in [1.82, 2.24) is 4.90 Å². The molecule has 1 N–H and O–H groups in total. The topological polar surface area (TPSA) is 66.8 Å². The third-order valence-corrected chi connectivity index (χ3v) is 3.28. The zero-order chi connectivity index (χ0) is 11.5. The minimum absolute atomic E-state index is 0.135. The SMILES string of the molecule is O=C(O)[C@H]1CCCCN1C(=O)[C@H]1CCCO1. The molecule has 0 radical (unpaired) electrons. The van der Waals surface area contributed by atoms with Crippen molar-refractivity contribution in [3.63, 3.8) is 0 Å². The number of hydrogen-bond donors (Lipinski definition) is 1. The van der Waals surface area contributed by atoms with Crippen molar-refractivity contribution >= 4 is 11.9 Å². The van der Waals surface area contributed by atoms with Crippen LogP contribution in [0.4, 0.5) is 0 Å². The normalized spacial score (nSPS) is 30.4. The Morgan fingerprint density at radius 3 is 2.62 bits per heavy atom. The van der Waals surface area contributed by atoms with Crippen molar-refractivity contribution < 1.29 is 19.4 Å². The molecule has 2 aliphatic heterocycles. The number of piperidine rings is 1. The van der Waals surface area contributed by atoms with Crippen LogP contribution in [0.15, 0.2) is 0 Å². The molecule has 90 valence electrons. The number of rotatable bonds is 2. The molecule has 0 spiro atoms. The zero-order valence-corrected chi connectivity index (χ0v) is 9.22. The van der Waals surface area contributed by atoms with Crippen LogP contribution < -0.4 is 0 Å². The predicted molar refractivity (Wildman–Crippen MR) is 56.0 cm³/mol. The Hall–Kier alpha value is -1.10. The molecular weight excluding hydrogens is 210 g/mol. The molecule has 0 saturated carbocycles. The lowest BCUT2D eigenvalue weighted by Gasteiger charge is -2.34. The Labute approximate surface area is 94.4 Å². The fraction of sp³-hybridized carbons (Fsp3) is 0.818. The van der Waals surface area contributed by atoms with Gasteiger partial charge in [-0.25, -0.2) is 4.79 Å². The fourth-order valence-corrected chi connectivity index (χ4v) is 2.41. The third kappa shape index (κ3) is 2.19. The Kier molecular flexibility index (Phi) is 3.43. The summed E-state index contributed by atoms with van der Waals surface area (Å²) in [5.41, 5.74) is 0. The van der Waals surface area contributed by atoms with Gasteiger partial charge in [-0.3, -0.25) is 4.79 Å². The lowest BCUT2D eigenvalue weighted by atomic mass is 10.0. The van der Waals surface area contributed by atoms with Crippen LogP contribution in [0.3, 0.4) is 0 Å². The average molecular weight is 227 g/mol. The van der Waals surface area contributed by atoms with Crippen LogP contribution in [-0.4, -0.2) is 47.2 Å². The van der Waals surface area contributed by atoms with Crippen molar-refractivity contribution in [1.29, 1.82) is 0 Å². The molecule has 0 bridgehead atoms. The van der Waals surface area contributed by atoms with E-state index in [0.29, 0.717) is 19.6 Å². The van der Waals surface area contributed by atoms with Crippen molar-refractivity contribution in [2.75, 3.05) is 13.2 Å². The van der Waals surface area contributed by atoms with E-state index in [-0.39, 0.29) is 5.91 Å². The number of carbonyl (C=O) groups is 2. The number of hydrogen-bond acceptors (Lipinski definition) is 3. The van der Waals surface area contributed by atoms with Gasteiger partial charge in [0.2, 0.25) is 0 Å². The van der Waals surface area contributed by atoms with E-state index in [4.69, 9.17) is 9.84 Å². The monoisotopic (exact) mass is 227 g/mol. The minimum Gasteiger partial charge on any atom is -0.480 e. The highest BCUT2D eigenvalue weighted by Gasteiger charge is 2.36. The Morgan fingerprint density at radius 2 is 2.00 bits per heavy atom. The van der Waals surface area contributed by atoms with Gasteiger partial charge in [-0.2, -0.15) is 0 Å². The van der Waals surface area contributed by atoms with E-state index in [9.17, 15) is 9.59 Å². The van der Waals surface area contributed by atoms with Crippen LogP contribution >= 0.6 is 0 Å². The standard InChI is InChI=1S/C11H17NO4/c13-10(9-5-3-7-16-9)12-6-2-1-4-8(12)11(14)15/h8-9H,1-7H2,(H,14,15)/t8-,9-/m1/s1. The lowest BCUT2D eigenvalue weighted by molar-refractivity contribution is -0.156. The summed E-state index contributed by atoms with van der Waals surface area (Å²) in [6.45, 7) is 1.16. The molecule has 16 heavy (non-hydrogen) atoms. The van der Waals surface area contributed by atoms with Crippen molar-refractivity contribution in [3.05, 3.63) is 0 Å². The van der Waals surface area contributed by atoms with Gasteiger partial charge < -0.3 is 14.7 Å². The van der Waals surface area contributed by atoms with Gasteiger partial charge in [0, 0.05) is 13.2 Å². The molecule has 0 aromatic rings. The molecule has 5 heteroatoms. The maximum absolute atomic E-state index is 12.1.